The highest BCUT2D eigenvalue weighted by molar-refractivity contribution is 5.95. The number of rotatable bonds is 5. The molecule has 0 spiro atoms. The zero-order valence-electron chi connectivity index (χ0n) is 17.1. The minimum atomic E-state index is -0.639. The van der Waals surface area contributed by atoms with Crippen molar-refractivity contribution in [3.05, 3.63) is 102 Å². The Morgan fingerprint density at radius 2 is 1.76 bits per heavy atom. The van der Waals surface area contributed by atoms with Crippen LogP contribution in [-0.4, -0.2) is 25.5 Å². The third-order valence-electron chi connectivity index (χ3n) is 5.21. The van der Waals surface area contributed by atoms with E-state index in [0.29, 0.717) is 16.9 Å². The van der Waals surface area contributed by atoms with E-state index in [1.54, 1.807) is 36.8 Å². The van der Waals surface area contributed by atoms with Gasteiger partial charge in [0.25, 0.3) is 5.91 Å². The Labute approximate surface area is 193 Å². The van der Waals surface area contributed by atoms with Gasteiger partial charge in [-0.25, -0.2) is 13.8 Å². The number of hydrogen-bond acceptors (Lipinski definition) is 3. The molecule has 0 bridgehead atoms. The summed E-state index contributed by atoms with van der Waals surface area (Å²) in [7, 11) is 0. The lowest BCUT2D eigenvalue weighted by Gasteiger charge is -2.09. The van der Waals surface area contributed by atoms with Crippen LogP contribution in [0.15, 0.2) is 79.4 Å². The monoisotopic (exact) mass is 465 g/mol. The van der Waals surface area contributed by atoms with Crippen molar-refractivity contribution in [1.29, 1.82) is 0 Å². The Balaban J connectivity index is 0.00000259. The molecule has 0 aliphatic rings. The lowest BCUT2D eigenvalue weighted by Crippen LogP contribution is -2.23. The molecule has 5 rings (SSSR count). The second kappa shape index (κ2) is 9.22. The molecule has 9 heteroatoms. The van der Waals surface area contributed by atoms with Crippen LogP contribution in [0.3, 0.4) is 0 Å². The summed E-state index contributed by atoms with van der Waals surface area (Å²) < 4.78 is 29.7. The van der Waals surface area contributed by atoms with Crippen LogP contribution in [0.5, 0.6) is 0 Å². The first-order valence-electron chi connectivity index (χ1n) is 9.87. The third kappa shape index (κ3) is 4.47. The van der Waals surface area contributed by atoms with Crippen LogP contribution in [0.1, 0.15) is 15.9 Å². The SMILES string of the molecule is Cl.O=C(NCc1ccc(F)cc1)c1ccc(-c2cnc3ccc(-c4cn[nH]c4)cn23)cc1F. The summed E-state index contributed by atoms with van der Waals surface area (Å²) in [4.78, 5) is 16.8. The van der Waals surface area contributed by atoms with E-state index in [4.69, 9.17) is 0 Å². The van der Waals surface area contributed by atoms with E-state index >= 15 is 0 Å². The highest BCUT2D eigenvalue weighted by atomic mass is 35.5. The maximum Gasteiger partial charge on any atom is 0.254 e. The number of halogens is 3. The topological polar surface area (TPSA) is 75.1 Å². The van der Waals surface area contributed by atoms with Crippen LogP contribution in [0, 0.1) is 11.6 Å². The molecule has 3 heterocycles. The minimum Gasteiger partial charge on any atom is -0.348 e. The maximum absolute atomic E-state index is 14.8. The summed E-state index contributed by atoms with van der Waals surface area (Å²) >= 11 is 0. The highest BCUT2D eigenvalue weighted by Gasteiger charge is 2.15. The molecular weight excluding hydrogens is 448 g/mol. The lowest BCUT2D eigenvalue weighted by molar-refractivity contribution is 0.0947. The van der Waals surface area contributed by atoms with Crippen LogP contribution in [0.2, 0.25) is 0 Å². The quantitative estimate of drug-likeness (QED) is 0.382. The zero-order valence-corrected chi connectivity index (χ0v) is 17.9. The van der Waals surface area contributed by atoms with Gasteiger partial charge < -0.3 is 5.32 Å². The van der Waals surface area contributed by atoms with Crippen LogP contribution in [0.4, 0.5) is 8.78 Å². The molecule has 2 aromatic carbocycles. The second-order valence-corrected chi connectivity index (χ2v) is 7.28. The number of benzene rings is 2. The van der Waals surface area contributed by atoms with Crippen LogP contribution >= 0.6 is 12.4 Å². The van der Waals surface area contributed by atoms with Gasteiger partial charge >= 0.3 is 0 Å². The first-order valence-corrected chi connectivity index (χ1v) is 9.87. The van der Waals surface area contributed by atoms with E-state index in [2.05, 4.69) is 20.5 Å². The smallest absolute Gasteiger partial charge is 0.254 e. The summed E-state index contributed by atoms with van der Waals surface area (Å²) in [6.45, 7) is 0.171. The molecule has 0 atom stereocenters. The van der Waals surface area contributed by atoms with Crippen molar-refractivity contribution in [3.63, 3.8) is 0 Å². The van der Waals surface area contributed by atoms with Gasteiger partial charge in [-0.3, -0.25) is 14.3 Å². The molecule has 0 saturated carbocycles. The maximum atomic E-state index is 14.8. The van der Waals surface area contributed by atoms with Crippen molar-refractivity contribution in [2.45, 2.75) is 6.54 Å². The molecule has 33 heavy (non-hydrogen) atoms. The number of fused-ring (bicyclic) bond motifs is 1. The molecule has 0 unspecified atom stereocenters. The Bertz CT molecular complexity index is 1420. The predicted molar refractivity (Wildman–Crippen MR) is 123 cm³/mol. The fourth-order valence-corrected chi connectivity index (χ4v) is 3.51. The number of aromatic nitrogens is 4. The number of carbonyl (C=O) groups is 1. The molecule has 5 aromatic rings. The lowest BCUT2D eigenvalue weighted by atomic mass is 10.1. The summed E-state index contributed by atoms with van der Waals surface area (Å²) in [6, 6.07) is 14.0. The Morgan fingerprint density at radius 3 is 2.48 bits per heavy atom. The van der Waals surface area contributed by atoms with E-state index in [-0.39, 0.29) is 30.3 Å². The third-order valence-corrected chi connectivity index (χ3v) is 5.21. The van der Waals surface area contributed by atoms with Crippen LogP contribution in [0.25, 0.3) is 28.0 Å². The van der Waals surface area contributed by atoms with Gasteiger partial charge in [-0.2, -0.15) is 5.10 Å². The predicted octanol–water partition coefficient (Wildman–Crippen LogP) is 5.02. The Kier molecular flexibility index (Phi) is 6.19. The first-order chi connectivity index (χ1) is 15.6. The van der Waals surface area contributed by atoms with E-state index in [1.807, 2.05) is 22.7 Å². The molecule has 3 aromatic heterocycles. The van der Waals surface area contributed by atoms with Gasteiger partial charge in [-0.1, -0.05) is 18.2 Å². The van der Waals surface area contributed by atoms with Crippen molar-refractivity contribution >= 4 is 24.0 Å². The number of nitrogens with zero attached hydrogens (tertiary/aromatic N) is 3. The molecule has 0 aliphatic carbocycles. The van der Waals surface area contributed by atoms with Crippen molar-refractivity contribution in [3.8, 4) is 22.4 Å². The fourth-order valence-electron chi connectivity index (χ4n) is 3.51. The van der Waals surface area contributed by atoms with Gasteiger partial charge in [0, 0.05) is 35.6 Å². The van der Waals surface area contributed by atoms with Crippen molar-refractivity contribution < 1.29 is 13.6 Å². The normalized spacial score (nSPS) is 10.7. The van der Waals surface area contributed by atoms with E-state index in [0.717, 1.165) is 16.7 Å². The molecule has 0 aliphatic heterocycles. The number of carbonyl (C=O) groups excluding carboxylic acids is 1. The number of aromatic amines is 1. The molecule has 0 fully saturated rings. The van der Waals surface area contributed by atoms with E-state index < -0.39 is 11.7 Å². The molecular formula is C24H18ClF2N5O. The number of imidazole rings is 1. The molecule has 0 saturated heterocycles. The van der Waals surface area contributed by atoms with Crippen molar-refractivity contribution in [2.75, 3.05) is 0 Å². The summed E-state index contributed by atoms with van der Waals surface area (Å²) in [5.74, 6) is -1.54. The number of nitrogens with one attached hydrogen (secondary N) is 2. The van der Waals surface area contributed by atoms with Gasteiger partial charge in [-0.15, -0.1) is 12.4 Å². The molecule has 0 radical (unpaired) electrons. The van der Waals surface area contributed by atoms with Gasteiger partial charge in [0.15, 0.2) is 0 Å². The highest BCUT2D eigenvalue weighted by Crippen LogP contribution is 2.26. The standard InChI is InChI=1S/C24H17F2N5O.ClH/c25-19-5-1-15(2-6-19)10-28-24(32)20-7-3-16(9-21(20)26)22-13-27-23-8-4-17(14-31(22)23)18-11-29-30-12-18;/h1-9,11-14H,10H2,(H,28,32)(H,29,30);1H. The largest absolute Gasteiger partial charge is 0.348 e. The molecule has 6 nitrogen and oxygen atoms in total. The zero-order chi connectivity index (χ0) is 22.1. The number of hydrogen-bond donors (Lipinski definition) is 2. The summed E-state index contributed by atoms with van der Waals surface area (Å²) in [6.07, 6.45) is 7.08. The van der Waals surface area contributed by atoms with Gasteiger partial charge in [0.2, 0.25) is 0 Å². The van der Waals surface area contributed by atoms with Gasteiger partial charge in [0.05, 0.1) is 23.7 Å². The second-order valence-electron chi connectivity index (χ2n) is 7.28. The average Bonchev–Trinajstić information content (AvgIpc) is 3.48. The van der Waals surface area contributed by atoms with Crippen molar-refractivity contribution in [1.82, 2.24) is 24.9 Å². The fraction of sp³-hybridized carbons (Fsp3) is 0.0417. The van der Waals surface area contributed by atoms with Crippen LogP contribution < -0.4 is 5.32 Å². The summed E-state index contributed by atoms with van der Waals surface area (Å²) in [5, 5.41) is 9.41. The Morgan fingerprint density at radius 1 is 0.970 bits per heavy atom. The number of amides is 1. The molecule has 1 amide bonds. The van der Waals surface area contributed by atoms with Gasteiger partial charge in [0.1, 0.15) is 17.3 Å². The van der Waals surface area contributed by atoms with Crippen molar-refractivity contribution in [2.24, 2.45) is 0 Å². The van der Waals surface area contributed by atoms with Gasteiger partial charge in [-0.05, 0) is 42.0 Å². The minimum absolute atomic E-state index is 0. The van der Waals surface area contributed by atoms with Crippen LogP contribution in [-0.2, 0) is 6.54 Å². The number of pyridine rings is 1. The molecule has 2 N–H and O–H groups in total. The summed E-state index contributed by atoms with van der Waals surface area (Å²) in [5.41, 5.74) is 4.51. The Hall–Kier alpha value is -4.04. The molecule has 166 valence electrons. The van der Waals surface area contributed by atoms with E-state index in [1.165, 1.54) is 24.3 Å². The van der Waals surface area contributed by atoms with E-state index in [9.17, 15) is 13.6 Å². The first kappa shape index (κ1) is 22.2. The average molecular weight is 466 g/mol. The number of H-pyrrole nitrogens is 1.